The van der Waals surface area contributed by atoms with Gasteiger partial charge in [0.1, 0.15) is 11.4 Å². The van der Waals surface area contributed by atoms with E-state index in [1.165, 1.54) is 25.7 Å². The minimum absolute atomic E-state index is 0.314. The maximum atomic E-state index is 5.97. The van der Waals surface area contributed by atoms with Crippen LogP contribution in [0.5, 0.6) is 0 Å². The van der Waals surface area contributed by atoms with Crippen LogP contribution >= 0.6 is 0 Å². The third kappa shape index (κ3) is 2.46. The topological polar surface area (TPSA) is 61.0 Å². The lowest BCUT2D eigenvalue weighted by Gasteiger charge is -2.37. The average molecular weight is 261 g/mol. The number of nitrogen functional groups attached to an aromatic ring is 1. The lowest BCUT2D eigenvalue weighted by molar-refractivity contribution is -0.0597. The first kappa shape index (κ1) is 12.9. The number of nitrogens with zero attached hydrogens (tertiary/aromatic N) is 2. The summed E-state index contributed by atoms with van der Waals surface area (Å²) in [4.78, 5) is 9.25. The number of nitrogens with two attached hydrogens (primary N) is 1. The van der Waals surface area contributed by atoms with Crippen molar-refractivity contribution < 1.29 is 4.74 Å². The Bertz CT molecular complexity index is 462. The highest BCUT2D eigenvalue weighted by Gasteiger charge is 2.39. The molecule has 1 aromatic rings. The summed E-state index contributed by atoms with van der Waals surface area (Å²) in [6.07, 6.45) is 6.80. The summed E-state index contributed by atoms with van der Waals surface area (Å²) in [5.74, 6) is 2.76. The van der Waals surface area contributed by atoms with Gasteiger partial charge in [-0.3, -0.25) is 0 Å². The standard InChI is InChI=1S/C15H23N3O/c1-10-5-7-15(19-2,8-6-10)14-17-12(11-3-4-11)9-13(16)18-14/h9-11H,3-8H2,1-2H3,(H2,16,17,18). The van der Waals surface area contributed by atoms with Crippen LogP contribution in [0.4, 0.5) is 5.82 Å². The SMILES string of the molecule is COC1(c2nc(N)cc(C3CC3)n2)CCC(C)CC1. The summed E-state index contributed by atoms with van der Waals surface area (Å²) in [5.41, 5.74) is 6.76. The minimum atomic E-state index is -0.314. The molecule has 2 N–H and O–H groups in total. The molecule has 0 aromatic carbocycles. The third-order valence-corrected chi connectivity index (χ3v) is 4.64. The minimum Gasteiger partial charge on any atom is -0.384 e. The molecule has 19 heavy (non-hydrogen) atoms. The zero-order chi connectivity index (χ0) is 13.5. The van der Waals surface area contributed by atoms with E-state index in [1.54, 1.807) is 7.11 Å². The van der Waals surface area contributed by atoms with Gasteiger partial charge in [0.05, 0.1) is 0 Å². The lowest BCUT2D eigenvalue weighted by atomic mass is 9.79. The van der Waals surface area contributed by atoms with Gasteiger partial charge in [0.2, 0.25) is 0 Å². The molecular weight excluding hydrogens is 238 g/mol. The van der Waals surface area contributed by atoms with Crippen LogP contribution in [0.25, 0.3) is 0 Å². The van der Waals surface area contributed by atoms with E-state index in [1.807, 2.05) is 6.07 Å². The van der Waals surface area contributed by atoms with Gasteiger partial charge < -0.3 is 10.5 Å². The molecule has 4 nitrogen and oxygen atoms in total. The largest absolute Gasteiger partial charge is 0.384 e. The maximum Gasteiger partial charge on any atom is 0.162 e. The van der Waals surface area contributed by atoms with Crippen molar-refractivity contribution in [2.75, 3.05) is 12.8 Å². The molecule has 0 spiro atoms. The van der Waals surface area contributed by atoms with Crippen molar-refractivity contribution in [2.24, 2.45) is 5.92 Å². The van der Waals surface area contributed by atoms with Gasteiger partial charge in [0, 0.05) is 24.8 Å². The highest BCUT2D eigenvalue weighted by Crippen LogP contribution is 2.43. The number of aromatic nitrogens is 2. The van der Waals surface area contributed by atoms with Gasteiger partial charge in [-0.25, -0.2) is 9.97 Å². The van der Waals surface area contributed by atoms with Gasteiger partial charge in [0.15, 0.2) is 5.82 Å². The zero-order valence-corrected chi connectivity index (χ0v) is 11.9. The van der Waals surface area contributed by atoms with Crippen LogP contribution in [0.2, 0.25) is 0 Å². The van der Waals surface area contributed by atoms with Crippen LogP contribution in [0.1, 0.15) is 62.9 Å². The number of hydrogen-bond acceptors (Lipinski definition) is 4. The zero-order valence-electron chi connectivity index (χ0n) is 11.9. The van der Waals surface area contributed by atoms with E-state index < -0.39 is 0 Å². The fraction of sp³-hybridized carbons (Fsp3) is 0.733. The molecule has 2 fully saturated rings. The number of methoxy groups -OCH3 is 1. The monoisotopic (exact) mass is 261 g/mol. The molecule has 0 bridgehead atoms. The Morgan fingerprint density at radius 2 is 1.89 bits per heavy atom. The Morgan fingerprint density at radius 3 is 2.47 bits per heavy atom. The second-order valence-electron chi connectivity index (χ2n) is 6.20. The Hall–Kier alpha value is -1.16. The summed E-state index contributed by atoms with van der Waals surface area (Å²) in [7, 11) is 1.78. The van der Waals surface area contributed by atoms with Crippen LogP contribution in [0.15, 0.2) is 6.07 Å². The van der Waals surface area contributed by atoms with E-state index in [-0.39, 0.29) is 5.60 Å². The van der Waals surface area contributed by atoms with Crippen molar-refractivity contribution in [1.82, 2.24) is 9.97 Å². The first-order chi connectivity index (χ1) is 9.13. The second kappa shape index (κ2) is 4.75. The Morgan fingerprint density at radius 1 is 1.21 bits per heavy atom. The predicted molar refractivity (Wildman–Crippen MR) is 74.7 cm³/mol. The van der Waals surface area contributed by atoms with E-state index in [0.29, 0.717) is 11.7 Å². The van der Waals surface area contributed by atoms with E-state index in [0.717, 1.165) is 30.3 Å². The van der Waals surface area contributed by atoms with Crippen LogP contribution in [-0.2, 0) is 10.3 Å². The van der Waals surface area contributed by atoms with Crippen molar-refractivity contribution in [3.05, 3.63) is 17.6 Å². The molecular formula is C15H23N3O. The molecule has 104 valence electrons. The number of anilines is 1. The molecule has 1 heterocycles. The molecule has 0 saturated heterocycles. The molecule has 0 atom stereocenters. The molecule has 0 amide bonds. The number of hydrogen-bond donors (Lipinski definition) is 1. The van der Waals surface area contributed by atoms with Gasteiger partial charge in [0.25, 0.3) is 0 Å². The van der Waals surface area contributed by atoms with Gasteiger partial charge in [-0.1, -0.05) is 6.92 Å². The smallest absolute Gasteiger partial charge is 0.162 e. The molecule has 3 rings (SSSR count). The summed E-state index contributed by atoms with van der Waals surface area (Å²) in [6.45, 7) is 2.30. The van der Waals surface area contributed by atoms with Gasteiger partial charge >= 0.3 is 0 Å². The molecule has 2 saturated carbocycles. The highest BCUT2D eigenvalue weighted by molar-refractivity contribution is 5.34. The highest BCUT2D eigenvalue weighted by atomic mass is 16.5. The second-order valence-corrected chi connectivity index (χ2v) is 6.20. The molecule has 2 aliphatic rings. The summed E-state index contributed by atoms with van der Waals surface area (Å²) < 4.78 is 5.84. The molecule has 1 aromatic heterocycles. The van der Waals surface area contributed by atoms with Gasteiger partial charge in [-0.05, 0) is 44.4 Å². The quantitative estimate of drug-likeness (QED) is 0.908. The van der Waals surface area contributed by atoms with Crippen LogP contribution in [0.3, 0.4) is 0 Å². The maximum absolute atomic E-state index is 5.97. The van der Waals surface area contributed by atoms with Crippen molar-refractivity contribution in [1.29, 1.82) is 0 Å². The lowest BCUT2D eigenvalue weighted by Crippen LogP contribution is -2.35. The van der Waals surface area contributed by atoms with Crippen LogP contribution in [-0.4, -0.2) is 17.1 Å². The average Bonchev–Trinajstić information content (AvgIpc) is 3.24. The molecule has 0 unspecified atom stereocenters. The van der Waals surface area contributed by atoms with E-state index in [9.17, 15) is 0 Å². The fourth-order valence-corrected chi connectivity index (χ4v) is 3.03. The first-order valence-corrected chi connectivity index (χ1v) is 7.33. The van der Waals surface area contributed by atoms with Crippen molar-refractivity contribution >= 4 is 5.82 Å². The third-order valence-electron chi connectivity index (χ3n) is 4.64. The summed E-state index contributed by atoms with van der Waals surface area (Å²) >= 11 is 0. The van der Waals surface area contributed by atoms with E-state index in [2.05, 4.69) is 11.9 Å². The Balaban J connectivity index is 1.94. The van der Waals surface area contributed by atoms with Crippen molar-refractivity contribution in [3.63, 3.8) is 0 Å². The molecule has 2 aliphatic carbocycles. The Labute approximate surface area is 114 Å². The van der Waals surface area contributed by atoms with E-state index in [4.69, 9.17) is 15.5 Å². The fourth-order valence-electron chi connectivity index (χ4n) is 3.03. The van der Waals surface area contributed by atoms with Gasteiger partial charge in [-0.2, -0.15) is 0 Å². The summed E-state index contributed by atoms with van der Waals surface area (Å²) in [5, 5.41) is 0. The predicted octanol–water partition coefficient (Wildman–Crippen LogP) is 2.99. The van der Waals surface area contributed by atoms with Crippen molar-refractivity contribution in [3.8, 4) is 0 Å². The molecule has 0 aliphatic heterocycles. The van der Waals surface area contributed by atoms with Crippen molar-refractivity contribution in [2.45, 2.75) is 57.0 Å². The number of ether oxygens (including phenoxy) is 1. The normalized spacial score (nSPS) is 31.4. The number of rotatable bonds is 3. The van der Waals surface area contributed by atoms with Crippen LogP contribution < -0.4 is 5.73 Å². The Kier molecular flexibility index (Phi) is 3.21. The van der Waals surface area contributed by atoms with Crippen LogP contribution in [0, 0.1) is 5.92 Å². The molecule has 0 radical (unpaired) electrons. The first-order valence-electron chi connectivity index (χ1n) is 7.33. The molecule has 4 heteroatoms. The summed E-state index contributed by atoms with van der Waals surface area (Å²) in [6, 6.07) is 1.93. The van der Waals surface area contributed by atoms with E-state index >= 15 is 0 Å². The van der Waals surface area contributed by atoms with Gasteiger partial charge in [-0.15, -0.1) is 0 Å².